The lowest BCUT2D eigenvalue weighted by atomic mass is 9.98. The molecule has 1 saturated heterocycles. The Kier molecular flexibility index (Phi) is 4.37. The van der Waals surface area contributed by atoms with Crippen molar-refractivity contribution in [2.24, 2.45) is 0 Å². The van der Waals surface area contributed by atoms with Gasteiger partial charge >= 0.3 is 11.9 Å². The Hall–Kier alpha value is -1.81. The van der Waals surface area contributed by atoms with Gasteiger partial charge in [-0.3, -0.25) is 0 Å². The minimum atomic E-state index is -0.562. The molecule has 2 rings (SSSR count). The summed E-state index contributed by atoms with van der Waals surface area (Å²) in [4.78, 5) is 24.4. The van der Waals surface area contributed by atoms with Gasteiger partial charge in [-0.25, -0.2) is 9.59 Å². The maximum atomic E-state index is 11.8. The number of thiol groups is 1. The molecule has 1 aliphatic heterocycles. The van der Waals surface area contributed by atoms with Gasteiger partial charge < -0.3 is 4.74 Å². The Morgan fingerprint density at radius 3 is 2.48 bits per heavy atom. The van der Waals surface area contributed by atoms with Crippen molar-refractivity contribution >= 4 is 24.6 Å². The Morgan fingerprint density at radius 1 is 1.19 bits per heavy atom. The fraction of sp³-hybridized carbons (Fsp3) is 0.294. The molecule has 0 N–H and O–H groups in total. The van der Waals surface area contributed by atoms with Crippen LogP contribution in [-0.4, -0.2) is 11.9 Å². The Bertz CT molecular complexity index is 692. The second-order valence-corrected chi connectivity index (χ2v) is 5.92. The maximum absolute atomic E-state index is 11.8. The van der Waals surface area contributed by atoms with E-state index >= 15 is 0 Å². The molecule has 1 aromatic rings. The highest BCUT2D eigenvalue weighted by atomic mass is 32.1. The van der Waals surface area contributed by atoms with Crippen LogP contribution < -0.4 is 0 Å². The van der Waals surface area contributed by atoms with E-state index in [0.717, 1.165) is 27.2 Å². The molecular formula is C17H18O3S. The molecule has 0 unspecified atom stereocenters. The summed E-state index contributed by atoms with van der Waals surface area (Å²) < 4.78 is 4.69. The van der Waals surface area contributed by atoms with E-state index in [0.29, 0.717) is 17.6 Å². The third-order valence-corrected chi connectivity index (χ3v) is 4.00. The zero-order chi connectivity index (χ0) is 15.7. The van der Waals surface area contributed by atoms with E-state index in [2.05, 4.69) is 18.7 Å². The molecule has 0 spiro atoms. The van der Waals surface area contributed by atoms with Crippen molar-refractivity contribution in [3.05, 3.63) is 51.6 Å². The topological polar surface area (TPSA) is 43.4 Å². The lowest BCUT2D eigenvalue weighted by molar-refractivity contribution is -0.149. The normalized spacial score (nSPS) is 16.6. The first-order valence-corrected chi connectivity index (χ1v) is 7.19. The van der Waals surface area contributed by atoms with Gasteiger partial charge in [-0.15, -0.1) is 12.6 Å². The molecule has 0 aromatic heterocycles. The fourth-order valence-corrected chi connectivity index (χ4v) is 2.75. The quantitative estimate of drug-likeness (QED) is 0.394. The van der Waals surface area contributed by atoms with Gasteiger partial charge in [0.15, 0.2) is 0 Å². The van der Waals surface area contributed by atoms with Crippen LogP contribution in [0.1, 0.15) is 30.5 Å². The molecule has 21 heavy (non-hydrogen) atoms. The molecule has 0 atom stereocenters. The van der Waals surface area contributed by atoms with Crippen molar-refractivity contribution in [1.82, 2.24) is 0 Å². The minimum absolute atomic E-state index is 0.363. The predicted octanol–water partition coefficient (Wildman–Crippen LogP) is 3.48. The highest BCUT2D eigenvalue weighted by Crippen LogP contribution is 2.27. The molecule has 0 bridgehead atoms. The molecule has 1 aromatic carbocycles. The van der Waals surface area contributed by atoms with Crippen LogP contribution in [0.25, 0.3) is 0 Å². The second kappa shape index (κ2) is 5.90. The number of carbonyl (C=O) groups is 2. The van der Waals surface area contributed by atoms with Crippen LogP contribution in [0, 0.1) is 13.8 Å². The van der Waals surface area contributed by atoms with E-state index in [1.54, 1.807) is 19.9 Å². The molecule has 1 heterocycles. The Morgan fingerprint density at radius 2 is 1.86 bits per heavy atom. The highest BCUT2D eigenvalue weighted by molar-refractivity contribution is 7.80. The first-order valence-electron chi connectivity index (χ1n) is 6.75. The first kappa shape index (κ1) is 15.6. The minimum Gasteiger partial charge on any atom is -0.386 e. The largest absolute Gasteiger partial charge is 0.386 e. The molecule has 0 radical (unpaired) electrons. The molecule has 3 nitrogen and oxygen atoms in total. The van der Waals surface area contributed by atoms with Gasteiger partial charge in [0.25, 0.3) is 0 Å². The van der Waals surface area contributed by atoms with Crippen molar-refractivity contribution < 1.29 is 14.3 Å². The number of cyclic esters (lactones) is 2. The average Bonchev–Trinajstić information content (AvgIpc) is 2.66. The summed E-state index contributed by atoms with van der Waals surface area (Å²) in [7, 11) is 0. The number of carbonyl (C=O) groups excluding carboxylic acids is 2. The lowest BCUT2D eigenvalue weighted by Gasteiger charge is -2.08. The maximum Gasteiger partial charge on any atom is 0.346 e. The van der Waals surface area contributed by atoms with Crippen molar-refractivity contribution in [3.63, 3.8) is 0 Å². The average molecular weight is 302 g/mol. The zero-order valence-electron chi connectivity index (χ0n) is 12.6. The number of rotatable bonds is 2. The van der Waals surface area contributed by atoms with Gasteiger partial charge in [0, 0.05) is 4.90 Å². The van der Waals surface area contributed by atoms with Crippen LogP contribution in [0.4, 0.5) is 0 Å². The van der Waals surface area contributed by atoms with E-state index in [4.69, 9.17) is 4.74 Å². The third-order valence-electron chi connectivity index (χ3n) is 3.54. The van der Waals surface area contributed by atoms with Gasteiger partial charge in [0.1, 0.15) is 0 Å². The number of hydrogen-bond acceptors (Lipinski definition) is 4. The number of allylic oxidation sites excluding steroid dienone is 2. The van der Waals surface area contributed by atoms with Gasteiger partial charge in [0.2, 0.25) is 0 Å². The van der Waals surface area contributed by atoms with E-state index in [9.17, 15) is 9.59 Å². The molecule has 4 heteroatoms. The molecule has 1 aliphatic rings. The molecular weight excluding hydrogens is 284 g/mol. The summed E-state index contributed by atoms with van der Waals surface area (Å²) >= 11 is 4.45. The summed E-state index contributed by atoms with van der Waals surface area (Å²) in [5.41, 5.74) is 4.82. The zero-order valence-corrected chi connectivity index (χ0v) is 13.5. The smallest absolute Gasteiger partial charge is 0.346 e. The summed E-state index contributed by atoms with van der Waals surface area (Å²) in [5.74, 6) is -1.12. The fourth-order valence-electron chi connectivity index (χ4n) is 2.40. The molecule has 0 saturated carbocycles. The monoisotopic (exact) mass is 302 g/mol. The van der Waals surface area contributed by atoms with E-state index in [1.165, 1.54) is 0 Å². The summed E-state index contributed by atoms with van der Waals surface area (Å²) in [6.45, 7) is 7.60. The second-order valence-electron chi connectivity index (χ2n) is 5.44. The highest BCUT2D eigenvalue weighted by Gasteiger charge is 2.33. The number of hydrogen-bond donors (Lipinski definition) is 1. The Labute approximate surface area is 130 Å². The standard InChI is InChI=1S/C17H18O3S/c1-9(2)15-13(16(18)20-17(15)19)6-5-12-7-10(3)8-14(21)11(12)4/h6-8,21H,5H2,1-4H3. The predicted molar refractivity (Wildman–Crippen MR) is 84.4 cm³/mol. The SMILES string of the molecule is CC(C)=C1C(=O)OC(=O)C1=CCc1cc(C)cc(S)c1C. The van der Waals surface area contributed by atoms with Gasteiger partial charge in [-0.1, -0.05) is 17.7 Å². The van der Waals surface area contributed by atoms with Crippen LogP contribution >= 0.6 is 12.6 Å². The molecule has 0 aliphatic carbocycles. The molecule has 1 fully saturated rings. The molecule has 0 amide bonds. The molecule has 110 valence electrons. The Balaban J connectivity index is 2.40. The van der Waals surface area contributed by atoms with Crippen molar-refractivity contribution in [2.45, 2.75) is 39.0 Å². The van der Waals surface area contributed by atoms with Crippen molar-refractivity contribution in [1.29, 1.82) is 0 Å². The van der Waals surface area contributed by atoms with Crippen LogP contribution in [0.15, 0.2) is 39.8 Å². The van der Waals surface area contributed by atoms with Crippen molar-refractivity contribution in [2.75, 3.05) is 0 Å². The first-order chi connectivity index (χ1) is 9.81. The van der Waals surface area contributed by atoms with Crippen LogP contribution in [-0.2, 0) is 20.7 Å². The van der Waals surface area contributed by atoms with E-state index in [1.807, 2.05) is 19.9 Å². The van der Waals surface area contributed by atoms with Gasteiger partial charge in [-0.2, -0.15) is 0 Å². The van der Waals surface area contributed by atoms with Gasteiger partial charge in [-0.05, 0) is 56.9 Å². The van der Waals surface area contributed by atoms with E-state index in [-0.39, 0.29) is 0 Å². The van der Waals surface area contributed by atoms with Crippen LogP contribution in [0.2, 0.25) is 0 Å². The van der Waals surface area contributed by atoms with E-state index < -0.39 is 11.9 Å². The number of aryl methyl sites for hydroxylation is 1. The van der Waals surface area contributed by atoms with Gasteiger partial charge in [0.05, 0.1) is 11.1 Å². The number of ether oxygens (including phenoxy) is 1. The summed E-state index contributed by atoms with van der Waals surface area (Å²) in [6, 6.07) is 4.07. The van der Waals surface area contributed by atoms with Crippen LogP contribution in [0.5, 0.6) is 0 Å². The van der Waals surface area contributed by atoms with Crippen LogP contribution in [0.3, 0.4) is 0 Å². The summed E-state index contributed by atoms with van der Waals surface area (Å²) in [5, 5.41) is 0. The summed E-state index contributed by atoms with van der Waals surface area (Å²) in [6.07, 6.45) is 2.33. The lowest BCUT2D eigenvalue weighted by Crippen LogP contribution is -1.98. The van der Waals surface area contributed by atoms with Crippen molar-refractivity contribution in [3.8, 4) is 0 Å². The number of benzene rings is 1. The number of esters is 2. The third kappa shape index (κ3) is 3.10.